The smallest absolute Gasteiger partial charge is 0.136 e. The molecule has 3 aliphatic carbocycles. The van der Waals surface area contributed by atoms with Gasteiger partial charge in [0.1, 0.15) is 5.82 Å². The molecule has 1 aliphatic heterocycles. The van der Waals surface area contributed by atoms with Gasteiger partial charge in [-0.2, -0.15) is 0 Å². The quantitative estimate of drug-likeness (QED) is 0.383. The number of rotatable bonds is 1. The van der Waals surface area contributed by atoms with E-state index < -0.39 is 0 Å². The van der Waals surface area contributed by atoms with Crippen molar-refractivity contribution in [2.45, 2.75) is 31.6 Å². The van der Waals surface area contributed by atoms with Crippen LogP contribution in [0.3, 0.4) is 0 Å². The minimum atomic E-state index is -0.149. The number of hydrogen-bond acceptors (Lipinski definition) is 1. The fourth-order valence-electron chi connectivity index (χ4n) is 4.58. The topological polar surface area (TPSA) is 9.23 Å². The van der Waals surface area contributed by atoms with E-state index >= 15 is 0 Å². The number of fused-ring (bicyclic) bond motifs is 5. The average Bonchev–Trinajstić information content (AvgIpc) is 2.86. The average molecular weight is 534 g/mol. The minimum absolute atomic E-state index is 0.149. The van der Waals surface area contributed by atoms with Crippen LogP contribution in [-0.2, 0) is 11.2 Å². The molecule has 1 heterocycles. The largest absolute Gasteiger partial charge is 0.473 e. The Morgan fingerprint density at radius 2 is 1.81 bits per heavy atom. The number of hydrogen-bond donors (Lipinski definition) is 0. The van der Waals surface area contributed by atoms with Gasteiger partial charge in [0.25, 0.3) is 0 Å². The van der Waals surface area contributed by atoms with Crippen molar-refractivity contribution < 1.29 is 9.13 Å². The molecule has 32 heavy (non-hydrogen) atoms. The standard InChI is InChI=1S/C24H18FI.C5H6O/c25-23-12-9-18(14-24(23)26)17-6-5-16-8-10-20-19-4-2-1-3-15(19)7-11-21(20)22(16)13-17;1-2-4-6-5-3-1/h3-9,11-14,17H,1-2,10H2;2-5H,1H2. The fraction of sp³-hybridized carbons (Fsp3) is 0.172. The molecule has 2 aromatic rings. The van der Waals surface area contributed by atoms with E-state index in [-0.39, 0.29) is 11.7 Å². The third-order valence-electron chi connectivity index (χ3n) is 6.18. The van der Waals surface area contributed by atoms with Crippen molar-refractivity contribution in [1.29, 1.82) is 0 Å². The highest BCUT2D eigenvalue weighted by atomic mass is 127. The summed E-state index contributed by atoms with van der Waals surface area (Å²) < 4.78 is 19.0. The first-order valence-corrected chi connectivity index (χ1v) is 12.1. The molecule has 1 atom stereocenters. The maximum atomic E-state index is 13.6. The minimum Gasteiger partial charge on any atom is -0.473 e. The molecule has 0 saturated carbocycles. The second-order valence-corrected chi connectivity index (χ2v) is 9.36. The maximum Gasteiger partial charge on any atom is 0.136 e. The van der Waals surface area contributed by atoms with Gasteiger partial charge in [-0.1, -0.05) is 54.7 Å². The first kappa shape index (κ1) is 21.2. The van der Waals surface area contributed by atoms with Gasteiger partial charge < -0.3 is 4.74 Å². The van der Waals surface area contributed by atoms with E-state index in [9.17, 15) is 4.39 Å². The van der Waals surface area contributed by atoms with Crippen LogP contribution in [0.5, 0.6) is 0 Å². The Morgan fingerprint density at radius 3 is 2.56 bits per heavy atom. The summed E-state index contributed by atoms with van der Waals surface area (Å²) in [7, 11) is 0. The molecule has 0 fully saturated rings. The zero-order valence-electron chi connectivity index (χ0n) is 17.7. The van der Waals surface area contributed by atoms with E-state index in [2.05, 4.69) is 71.2 Å². The second kappa shape index (κ2) is 9.45. The molecule has 0 radical (unpaired) electrons. The lowest BCUT2D eigenvalue weighted by Crippen LogP contribution is -2.32. The number of ether oxygens (including phenoxy) is 1. The van der Waals surface area contributed by atoms with Gasteiger partial charge >= 0.3 is 0 Å². The summed E-state index contributed by atoms with van der Waals surface area (Å²) in [5.41, 5.74) is 6.59. The van der Waals surface area contributed by atoms with Gasteiger partial charge in [-0.15, -0.1) is 0 Å². The molecule has 160 valence electrons. The Morgan fingerprint density at radius 1 is 0.969 bits per heavy atom. The summed E-state index contributed by atoms with van der Waals surface area (Å²) in [6, 6.07) is 9.98. The van der Waals surface area contributed by atoms with Crippen LogP contribution in [-0.4, -0.2) is 0 Å². The van der Waals surface area contributed by atoms with Crippen LogP contribution in [0, 0.1) is 9.39 Å². The van der Waals surface area contributed by atoms with Crippen molar-refractivity contribution >= 4 is 40.3 Å². The van der Waals surface area contributed by atoms with E-state index in [4.69, 9.17) is 4.74 Å². The van der Waals surface area contributed by atoms with Crippen LogP contribution in [0.1, 0.15) is 41.9 Å². The lowest BCUT2D eigenvalue weighted by Gasteiger charge is -2.25. The lowest BCUT2D eigenvalue weighted by molar-refractivity contribution is 0.393. The van der Waals surface area contributed by atoms with Crippen LogP contribution < -0.4 is 10.4 Å². The van der Waals surface area contributed by atoms with Gasteiger partial charge in [-0.25, -0.2) is 4.39 Å². The Hall–Kier alpha value is -2.66. The van der Waals surface area contributed by atoms with Gasteiger partial charge in [-0.3, -0.25) is 0 Å². The Bertz CT molecular complexity index is 1300. The predicted molar refractivity (Wildman–Crippen MR) is 139 cm³/mol. The van der Waals surface area contributed by atoms with Crippen molar-refractivity contribution in [2.24, 2.45) is 0 Å². The van der Waals surface area contributed by atoms with Crippen LogP contribution in [0.25, 0.3) is 17.7 Å². The molecule has 0 bridgehead atoms. The summed E-state index contributed by atoms with van der Waals surface area (Å²) in [5.74, 6) is 0.0394. The van der Waals surface area contributed by atoms with Crippen molar-refractivity contribution in [1.82, 2.24) is 0 Å². The third-order valence-corrected chi connectivity index (χ3v) is 7.00. The van der Waals surface area contributed by atoms with E-state index in [1.54, 1.807) is 18.6 Å². The van der Waals surface area contributed by atoms with Crippen LogP contribution in [0.2, 0.25) is 0 Å². The molecule has 0 spiro atoms. The molecular weight excluding hydrogens is 510 g/mol. The van der Waals surface area contributed by atoms with Gasteiger partial charge in [0.05, 0.1) is 12.5 Å². The SMILES string of the molecule is C1=COC=CC1.Fc1ccc(C2C=CC3=CCc4c(ccc5c4=CCCC=5)C3=C2)cc1I. The molecule has 0 saturated heterocycles. The Balaban J connectivity index is 0.000000314. The molecule has 2 aromatic carbocycles. The molecule has 3 heteroatoms. The van der Waals surface area contributed by atoms with E-state index in [0.717, 1.165) is 31.2 Å². The first-order chi connectivity index (χ1) is 15.7. The van der Waals surface area contributed by atoms with Crippen LogP contribution in [0.15, 0.2) is 84.9 Å². The molecule has 0 aromatic heterocycles. The maximum absolute atomic E-state index is 13.6. The molecule has 0 N–H and O–H groups in total. The number of benzene rings is 2. The first-order valence-electron chi connectivity index (χ1n) is 11.0. The molecule has 0 amide bonds. The van der Waals surface area contributed by atoms with E-state index in [1.165, 1.54) is 32.7 Å². The molecule has 1 nitrogen and oxygen atoms in total. The highest BCUT2D eigenvalue weighted by Crippen LogP contribution is 2.38. The van der Waals surface area contributed by atoms with Crippen LogP contribution >= 0.6 is 22.6 Å². The molecular formula is C29H24FIO. The van der Waals surface area contributed by atoms with Crippen molar-refractivity contribution in [2.75, 3.05) is 0 Å². The summed E-state index contributed by atoms with van der Waals surface area (Å²) in [5, 5.41) is 2.80. The van der Waals surface area contributed by atoms with Crippen molar-refractivity contribution in [3.63, 3.8) is 0 Å². The molecule has 4 aliphatic rings. The van der Waals surface area contributed by atoms with Crippen LogP contribution in [0.4, 0.5) is 4.39 Å². The van der Waals surface area contributed by atoms with Gasteiger partial charge in [-0.05, 0) is 111 Å². The summed E-state index contributed by atoms with van der Waals surface area (Å²) in [4.78, 5) is 0. The normalized spacial score (nSPS) is 19.5. The van der Waals surface area contributed by atoms with Crippen molar-refractivity contribution in [3.05, 3.63) is 121 Å². The second-order valence-electron chi connectivity index (χ2n) is 8.20. The number of halogens is 2. The Kier molecular flexibility index (Phi) is 6.26. The highest BCUT2D eigenvalue weighted by molar-refractivity contribution is 14.1. The van der Waals surface area contributed by atoms with Crippen molar-refractivity contribution in [3.8, 4) is 0 Å². The Labute approximate surface area is 201 Å². The summed E-state index contributed by atoms with van der Waals surface area (Å²) in [6.45, 7) is 0. The van der Waals surface area contributed by atoms with Gasteiger partial charge in [0.15, 0.2) is 0 Å². The van der Waals surface area contributed by atoms with E-state index in [0.29, 0.717) is 3.57 Å². The van der Waals surface area contributed by atoms with Gasteiger partial charge in [0, 0.05) is 9.49 Å². The zero-order chi connectivity index (χ0) is 21.9. The fourth-order valence-corrected chi connectivity index (χ4v) is 5.12. The monoisotopic (exact) mass is 534 g/mol. The third kappa shape index (κ3) is 4.31. The predicted octanol–water partition coefficient (Wildman–Crippen LogP) is 6.44. The van der Waals surface area contributed by atoms with E-state index in [1.807, 2.05) is 24.3 Å². The number of allylic oxidation sites excluding steroid dienone is 8. The molecule has 6 rings (SSSR count). The lowest BCUT2D eigenvalue weighted by atomic mass is 9.79. The highest BCUT2D eigenvalue weighted by Gasteiger charge is 2.22. The molecule has 1 unspecified atom stereocenters. The van der Waals surface area contributed by atoms with Gasteiger partial charge in [0.2, 0.25) is 0 Å². The summed E-state index contributed by atoms with van der Waals surface area (Å²) in [6.07, 6.45) is 25.5. The zero-order valence-corrected chi connectivity index (χ0v) is 19.9. The summed E-state index contributed by atoms with van der Waals surface area (Å²) >= 11 is 2.07.